The van der Waals surface area contributed by atoms with E-state index in [0.717, 1.165) is 0 Å². The number of hydrogen-bond donors (Lipinski definition) is 3. The molecule has 6 heteroatoms. The molecule has 0 spiro atoms. The first-order chi connectivity index (χ1) is 5.52. The minimum Gasteiger partial charge on any atom is -0.392 e. The Hall–Kier alpha value is -1.30. The van der Waals surface area contributed by atoms with Gasteiger partial charge in [0.05, 0.1) is 6.10 Å². The standard InChI is InChI=1S/C6H12N2O4/c1-4(9)3-7-6(11)12-8-5(2)10/h4,9H,3H2,1-2H3,(H,7,11)(H,8,10)/t4-/m1/s1. The number of amides is 2. The summed E-state index contributed by atoms with van der Waals surface area (Å²) in [5.41, 5.74) is 1.84. The molecular formula is C6H12N2O4. The highest BCUT2D eigenvalue weighted by molar-refractivity contribution is 5.75. The predicted octanol–water partition coefficient (Wildman–Crippen LogP) is -0.855. The number of aliphatic hydroxyl groups excluding tert-OH is 1. The molecule has 1 atom stereocenters. The SMILES string of the molecule is CC(=O)NOC(=O)NC[C@@H](C)O. The van der Waals surface area contributed by atoms with Crippen LogP contribution in [0.5, 0.6) is 0 Å². The molecule has 70 valence electrons. The summed E-state index contributed by atoms with van der Waals surface area (Å²) in [6.45, 7) is 2.80. The van der Waals surface area contributed by atoms with Gasteiger partial charge >= 0.3 is 6.09 Å². The quantitative estimate of drug-likeness (QED) is 0.478. The molecule has 0 aromatic heterocycles. The molecule has 3 N–H and O–H groups in total. The number of aliphatic hydroxyl groups is 1. The lowest BCUT2D eigenvalue weighted by Gasteiger charge is -2.06. The Kier molecular flexibility index (Phi) is 4.78. The van der Waals surface area contributed by atoms with E-state index >= 15 is 0 Å². The lowest BCUT2D eigenvalue weighted by atomic mass is 10.4. The summed E-state index contributed by atoms with van der Waals surface area (Å²) >= 11 is 0. The third-order valence-corrected chi connectivity index (χ3v) is 0.829. The van der Waals surface area contributed by atoms with E-state index in [4.69, 9.17) is 5.11 Å². The Bertz CT molecular complexity index is 169. The zero-order valence-corrected chi connectivity index (χ0v) is 6.96. The van der Waals surface area contributed by atoms with Crippen LogP contribution >= 0.6 is 0 Å². The van der Waals surface area contributed by atoms with Gasteiger partial charge in [-0.3, -0.25) is 4.79 Å². The van der Waals surface area contributed by atoms with Crippen molar-refractivity contribution < 1.29 is 19.5 Å². The van der Waals surface area contributed by atoms with Crippen LogP contribution in [0.1, 0.15) is 13.8 Å². The van der Waals surface area contributed by atoms with Gasteiger partial charge in [0.2, 0.25) is 5.91 Å². The second-order valence-corrected chi connectivity index (χ2v) is 2.28. The number of carbonyl (C=O) groups is 2. The molecule has 0 radical (unpaired) electrons. The van der Waals surface area contributed by atoms with Gasteiger partial charge in [0.25, 0.3) is 0 Å². The van der Waals surface area contributed by atoms with Crippen LogP contribution < -0.4 is 10.8 Å². The van der Waals surface area contributed by atoms with E-state index in [9.17, 15) is 9.59 Å². The number of hydroxylamine groups is 1. The molecule has 0 bridgehead atoms. The van der Waals surface area contributed by atoms with Gasteiger partial charge in [0, 0.05) is 13.5 Å². The smallest absolute Gasteiger partial charge is 0.392 e. The zero-order valence-electron chi connectivity index (χ0n) is 6.96. The van der Waals surface area contributed by atoms with E-state index in [1.807, 2.05) is 5.48 Å². The Morgan fingerprint density at radius 3 is 2.58 bits per heavy atom. The van der Waals surface area contributed by atoms with Gasteiger partial charge < -0.3 is 15.3 Å². The summed E-state index contributed by atoms with van der Waals surface area (Å²) in [5, 5.41) is 10.9. The summed E-state index contributed by atoms with van der Waals surface area (Å²) in [6, 6.07) is 0. The highest BCUT2D eigenvalue weighted by Crippen LogP contribution is 1.77. The summed E-state index contributed by atoms with van der Waals surface area (Å²) < 4.78 is 0. The average Bonchev–Trinajstić information content (AvgIpc) is 1.96. The Morgan fingerprint density at radius 1 is 1.58 bits per heavy atom. The fourth-order valence-electron chi connectivity index (χ4n) is 0.385. The van der Waals surface area contributed by atoms with Crippen molar-refractivity contribution in [2.75, 3.05) is 6.54 Å². The largest absolute Gasteiger partial charge is 0.431 e. The van der Waals surface area contributed by atoms with Crippen LogP contribution in [-0.4, -0.2) is 29.8 Å². The van der Waals surface area contributed by atoms with E-state index in [1.165, 1.54) is 13.8 Å². The van der Waals surface area contributed by atoms with E-state index in [1.54, 1.807) is 0 Å². The number of hydrogen-bond acceptors (Lipinski definition) is 4. The van der Waals surface area contributed by atoms with Crippen molar-refractivity contribution in [2.24, 2.45) is 0 Å². The first kappa shape index (κ1) is 10.7. The van der Waals surface area contributed by atoms with Crippen molar-refractivity contribution in [1.82, 2.24) is 10.8 Å². The molecular weight excluding hydrogens is 164 g/mol. The zero-order chi connectivity index (χ0) is 9.56. The lowest BCUT2D eigenvalue weighted by Crippen LogP contribution is -2.35. The van der Waals surface area contributed by atoms with E-state index in [-0.39, 0.29) is 6.54 Å². The molecule has 0 saturated heterocycles. The van der Waals surface area contributed by atoms with Crippen molar-refractivity contribution in [3.63, 3.8) is 0 Å². The Morgan fingerprint density at radius 2 is 2.17 bits per heavy atom. The van der Waals surface area contributed by atoms with Gasteiger partial charge in [-0.15, -0.1) is 0 Å². The first-order valence-electron chi connectivity index (χ1n) is 3.41. The van der Waals surface area contributed by atoms with Crippen LogP contribution in [0.15, 0.2) is 0 Å². The maximum atomic E-state index is 10.6. The third kappa shape index (κ3) is 6.81. The summed E-state index contributed by atoms with van der Waals surface area (Å²) in [6.07, 6.45) is -1.44. The average molecular weight is 176 g/mol. The lowest BCUT2D eigenvalue weighted by molar-refractivity contribution is -0.127. The molecule has 0 saturated carbocycles. The fourth-order valence-corrected chi connectivity index (χ4v) is 0.385. The summed E-state index contributed by atoms with van der Waals surface area (Å²) in [7, 11) is 0. The van der Waals surface area contributed by atoms with Crippen LogP contribution in [0.2, 0.25) is 0 Å². The second kappa shape index (κ2) is 5.36. The van der Waals surface area contributed by atoms with Gasteiger partial charge in [0.1, 0.15) is 0 Å². The minimum absolute atomic E-state index is 0.0818. The van der Waals surface area contributed by atoms with Crippen molar-refractivity contribution in [3.05, 3.63) is 0 Å². The molecule has 12 heavy (non-hydrogen) atoms. The summed E-state index contributed by atoms with van der Waals surface area (Å²) in [5.74, 6) is -0.470. The fraction of sp³-hybridized carbons (Fsp3) is 0.667. The molecule has 0 heterocycles. The van der Waals surface area contributed by atoms with Crippen LogP contribution in [-0.2, 0) is 9.63 Å². The topological polar surface area (TPSA) is 87.7 Å². The Labute approximate surface area is 69.8 Å². The molecule has 0 aliphatic heterocycles. The molecule has 0 aliphatic rings. The number of nitrogens with one attached hydrogen (secondary N) is 2. The highest BCUT2D eigenvalue weighted by atomic mass is 16.7. The van der Waals surface area contributed by atoms with Crippen molar-refractivity contribution in [3.8, 4) is 0 Å². The summed E-state index contributed by atoms with van der Waals surface area (Å²) in [4.78, 5) is 25.0. The molecule has 2 amide bonds. The van der Waals surface area contributed by atoms with Crippen LogP contribution in [0.3, 0.4) is 0 Å². The third-order valence-electron chi connectivity index (χ3n) is 0.829. The molecule has 0 fully saturated rings. The monoisotopic (exact) mass is 176 g/mol. The van der Waals surface area contributed by atoms with E-state index in [2.05, 4.69) is 10.2 Å². The minimum atomic E-state index is -0.800. The van der Waals surface area contributed by atoms with Gasteiger partial charge in [-0.25, -0.2) is 4.79 Å². The van der Waals surface area contributed by atoms with Crippen molar-refractivity contribution in [2.45, 2.75) is 20.0 Å². The molecule has 0 aliphatic carbocycles. The molecule has 0 unspecified atom stereocenters. The van der Waals surface area contributed by atoms with Crippen LogP contribution in [0.25, 0.3) is 0 Å². The van der Waals surface area contributed by atoms with Crippen molar-refractivity contribution in [1.29, 1.82) is 0 Å². The first-order valence-corrected chi connectivity index (χ1v) is 3.41. The van der Waals surface area contributed by atoms with Gasteiger partial charge in [-0.2, -0.15) is 5.48 Å². The van der Waals surface area contributed by atoms with Gasteiger partial charge in [-0.1, -0.05) is 0 Å². The van der Waals surface area contributed by atoms with Crippen LogP contribution in [0, 0.1) is 0 Å². The molecule has 0 aromatic carbocycles. The Balaban J connectivity index is 3.40. The molecule has 6 nitrogen and oxygen atoms in total. The van der Waals surface area contributed by atoms with Crippen LogP contribution in [0.4, 0.5) is 4.79 Å². The number of carbonyl (C=O) groups excluding carboxylic acids is 2. The maximum Gasteiger partial charge on any atom is 0.431 e. The maximum absolute atomic E-state index is 10.6. The highest BCUT2D eigenvalue weighted by Gasteiger charge is 2.03. The molecule has 0 rings (SSSR count). The van der Waals surface area contributed by atoms with Gasteiger partial charge in [-0.05, 0) is 6.92 Å². The van der Waals surface area contributed by atoms with Gasteiger partial charge in [0.15, 0.2) is 0 Å². The van der Waals surface area contributed by atoms with Crippen molar-refractivity contribution >= 4 is 12.0 Å². The number of rotatable bonds is 2. The predicted molar refractivity (Wildman–Crippen MR) is 40.0 cm³/mol. The van der Waals surface area contributed by atoms with E-state index < -0.39 is 18.1 Å². The second-order valence-electron chi connectivity index (χ2n) is 2.28. The van der Waals surface area contributed by atoms with E-state index in [0.29, 0.717) is 0 Å². The normalized spacial score (nSPS) is 11.6. The molecule has 0 aromatic rings.